The molecule has 2 aliphatic rings. The van der Waals surface area contributed by atoms with Gasteiger partial charge in [-0.2, -0.15) is 0 Å². The Labute approximate surface area is 196 Å². The summed E-state index contributed by atoms with van der Waals surface area (Å²) in [6.07, 6.45) is 5.47. The van der Waals surface area contributed by atoms with E-state index in [2.05, 4.69) is 32.4 Å². The number of imidazole rings is 1. The Hall–Kier alpha value is -3.16. The summed E-state index contributed by atoms with van der Waals surface area (Å²) in [4.78, 5) is 23.0. The summed E-state index contributed by atoms with van der Waals surface area (Å²) >= 11 is 6.07. The van der Waals surface area contributed by atoms with Crippen LogP contribution in [0.5, 0.6) is 0 Å². The van der Waals surface area contributed by atoms with Crippen LogP contribution in [0.25, 0.3) is 11.1 Å². The van der Waals surface area contributed by atoms with Crippen LogP contribution in [0.1, 0.15) is 36.7 Å². The quantitative estimate of drug-likeness (QED) is 0.463. The molecule has 170 valence electrons. The molecule has 1 amide bonds. The van der Waals surface area contributed by atoms with Gasteiger partial charge in [0.25, 0.3) is 5.91 Å². The summed E-state index contributed by atoms with van der Waals surface area (Å²) in [7, 11) is 0. The highest BCUT2D eigenvalue weighted by molar-refractivity contribution is 6.38. The molecule has 6 nitrogen and oxygen atoms in total. The van der Waals surface area contributed by atoms with E-state index >= 15 is 0 Å². The number of likely N-dealkylation sites (tertiary alicyclic amines) is 1. The molecule has 2 aromatic carbocycles. The zero-order valence-electron chi connectivity index (χ0n) is 18.3. The van der Waals surface area contributed by atoms with Crippen molar-refractivity contribution >= 4 is 40.0 Å². The molecule has 0 spiro atoms. The number of carbonyl (C=O) groups is 1. The molecule has 1 fully saturated rings. The normalized spacial score (nSPS) is 18.2. The number of carbonyl (C=O) groups excluding carboxylic acids is 1. The van der Waals surface area contributed by atoms with Gasteiger partial charge in [-0.25, -0.2) is 9.37 Å². The number of aromatic amines is 1. The standard InChI is InChI=1S/C25H25ClFN5O/c1-2-32-11-7-16(8-12-32)30-17-4-6-21-18(14-17)23(25(33)31-21)22(24-28-9-10-29-24)15-3-5-20(27)19(26)13-15/h3-6,9-10,13-14,16,30H,2,7-8,11-12H2,1H3,(H,28,29)(H,31,33). The number of fused-ring (bicyclic) bond motifs is 1. The Bertz CT molecular complexity index is 1220. The molecule has 8 heteroatoms. The van der Waals surface area contributed by atoms with Crippen molar-refractivity contribution in [1.82, 2.24) is 14.9 Å². The van der Waals surface area contributed by atoms with Gasteiger partial charge in [-0.05, 0) is 55.3 Å². The molecule has 3 N–H and O–H groups in total. The van der Waals surface area contributed by atoms with Crippen LogP contribution in [0, 0.1) is 5.82 Å². The van der Waals surface area contributed by atoms with Crippen molar-refractivity contribution in [2.24, 2.45) is 0 Å². The molecule has 5 rings (SSSR count). The van der Waals surface area contributed by atoms with Gasteiger partial charge in [-0.3, -0.25) is 4.79 Å². The molecule has 2 aliphatic heterocycles. The van der Waals surface area contributed by atoms with Crippen molar-refractivity contribution in [2.75, 3.05) is 30.3 Å². The van der Waals surface area contributed by atoms with Crippen molar-refractivity contribution in [2.45, 2.75) is 25.8 Å². The molecule has 3 heterocycles. The lowest BCUT2D eigenvalue weighted by Crippen LogP contribution is -2.38. The first-order valence-corrected chi connectivity index (χ1v) is 11.6. The molecule has 0 atom stereocenters. The number of rotatable bonds is 5. The highest BCUT2D eigenvalue weighted by Crippen LogP contribution is 2.41. The van der Waals surface area contributed by atoms with E-state index in [-0.39, 0.29) is 10.9 Å². The third-order valence-electron chi connectivity index (χ3n) is 6.36. The second-order valence-corrected chi connectivity index (χ2v) is 8.79. The highest BCUT2D eigenvalue weighted by atomic mass is 35.5. The minimum Gasteiger partial charge on any atom is -0.382 e. The minimum absolute atomic E-state index is 0.00961. The van der Waals surface area contributed by atoms with Gasteiger partial charge < -0.3 is 20.5 Å². The molecular formula is C25H25ClFN5O. The maximum Gasteiger partial charge on any atom is 0.257 e. The fourth-order valence-electron chi connectivity index (χ4n) is 4.59. The van der Waals surface area contributed by atoms with Gasteiger partial charge in [0.2, 0.25) is 0 Å². The van der Waals surface area contributed by atoms with Crippen molar-refractivity contribution in [1.29, 1.82) is 0 Å². The van der Waals surface area contributed by atoms with Crippen LogP contribution in [0.4, 0.5) is 15.8 Å². The molecule has 0 radical (unpaired) electrons. The van der Waals surface area contributed by atoms with Crippen LogP contribution in [-0.2, 0) is 4.79 Å². The van der Waals surface area contributed by atoms with Gasteiger partial charge in [0.05, 0.1) is 10.6 Å². The number of anilines is 2. The van der Waals surface area contributed by atoms with Gasteiger partial charge in [0.15, 0.2) is 0 Å². The lowest BCUT2D eigenvalue weighted by Gasteiger charge is -2.32. The van der Waals surface area contributed by atoms with Crippen LogP contribution in [0.2, 0.25) is 5.02 Å². The third-order valence-corrected chi connectivity index (χ3v) is 6.65. The van der Waals surface area contributed by atoms with Crippen LogP contribution in [-0.4, -0.2) is 46.5 Å². The second-order valence-electron chi connectivity index (χ2n) is 8.38. The average molecular weight is 466 g/mol. The maximum atomic E-state index is 13.9. The second kappa shape index (κ2) is 9.00. The van der Waals surface area contributed by atoms with Gasteiger partial charge in [0, 0.05) is 54.0 Å². The SMILES string of the molecule is CCN1CCC(Nc2ccc3c(c2)C(=C(c2ccc(F)c(Cl)c2)c2ncc[nH]2)C(=O)N3)CC1. The lowest BCUT2D eigenvalue weighted by molar-refractivity contribution is -0.110. The number of amides is 1. The van der Waals surface area contributed by atoms with Crippen LogP contribution in [0.15, 0.2) is 48.8 Å². The lowest BCUT2D eigenvalue weighted by atomic mass is 9.94. The molecule has 0 unspecified atom stereocenters. The fraction of sp³-hybridized carbons (Fsp3) is 0.280. The molecule has 0 saturated carbocycles. The topological polar surface area (TPSA) is 73.0 Å². The molecule has 33 heavy (non-hydrogen) atoms. The predicted molar refractivity (Wildman–Crippen MR) is 130 cm³/mol. The summed E-state index contributed by atoms with van der Waals surface area (Å²) in [5.41, 5.74) is 4.15. The Kier molecular flexibility index (Phi) is 5.91. The number of piperidine rings is 1. The monoisotopic (exact) mass is 465 g/mol. The Morgan fingerprint density at radius 2 is 2.06 bits per heavy atom. The Morgan fingerprint density at radius 3 is 2.76 bits per heavy atom. The van der Waals surface area contributed by atoms with Gasteiger partial charge in [-0.15, -0.1) is 0 Å². The number of nitrogens with one attached hydrogen (secondary N) is 3. The molecule has 0 aliphatic carbocycles. The summed E-state index contributed by atoms with van der Waals surface area (Å²) in [6.45, 7) is 5.43. The van der Waals surface area contributed by atoms with Crippen LogP contribution >= 0.6 is 11.6 Å². The van der Waals surface area contributed by atoms with Crippen molar-refractivity contribution in [3.63, 3.8) is 0 Å². The molecule has 3 aromatic rings. The largest absolute Gasteiger partial charge is 0.382 e. The molecular weight excluding hydrogens is 441 g/mol. The first-order chi connectivity index (χ1) is 16.0. The van der Waals surface area contributed by atoms with Gasteiger partial charge in [-0.1, -0.05) is 24.6 Å². The summed E-state index contributed by atoms with van der Waals surface area (Å²) in [5, 5.41) is 6.58. The predicted octanol–water partition coefficient (Wildman–Crippen LogP) is 5.01. The first-order valence-electron chi connectivity index (χ1n) is 11.2. The van der Waals surface area contributed by atoms with E-state index in [0.717, 1.165) is 49.4 Å². The van der Waals surface area contributed by atoms with E-state index in [9.17, 15) is 9.18 Å². The zero-order chi connectivity index (χ0) is 22.9. The van der Waals surface area contributed by atoms with E-state index in [1.165, 1.54) is 12.1 Å². The number of halogens is 2. The average Bonchev–Trinajstić information content (AvgIpc) is 3.45. The van der Waals surface area contributed by atoms with E-state index in [0.29, 0.717) is 28.6 Å². The Balaban J connectivity index is 1.56. The number of aromatic nitrogens is 2. The Morgan fingerprint density at radius 1 is 1.24 bits per heavy atom. The van der Waals surface area contributed by atoms with Gasteiger partial charge in [0.1, 0.15) is 11.6 Å². The first kappa shape index (κ1) is 21.7. The van der Waals surface area contributed by atoms with Crippen LogP contribution in [0.3, 0.4) is 0 Å². The van der Waals surface area contributed by atoms with E-state index < -0.39 is 5.82 Å². The molecule has 0 bridgehead atoms. The zero-order valence-corrected chi connectivity index (χ0v) is 19.0. The molecule has 1 aromatic heterocycles. The number of benzene rings is 2. The number of hydrogen-bond acceptors (Lipinski definition) is 4. The van der Waals surface area contributed by atoms with Crippen molar-refractivity contribution in [3.8, 4) is 0 Å². The van der Waals surface area contributed by atoms with Crippen molar-refractivity contribution < 1.29 is 9.18 Å². The number of nitrogens with zero attached hydrogens (tertiary/aromatic N) is 2. The minimum atomic E-state index is -0.513. The van der Waals surface area contributed by atoms with E-state index in [4.69, 9.17) is 11.6 Å². The maximum absolute atomic E-state index is 13.9. The van der Waals surface area contributed by atoms with Crippen molar-refractivity contribution in [3.05, 3.63) is 76.6 Å². The summed E-state index contributed by atoms with van der Waals surface area (Å²) < 4.78 is 13.9. The van der Waals surface area contributed by atoms with Gasteiger partial charge >= 0.3 is 0 Å². The smallest absolute Gasteiger partial charge is 0.257 e. The van der Waals surface area contributed by atoms with E-state index in [1.807, 2.05) is 18.2 Å². The van der Waals surface area contributed by atoms with Crippen LogP contribution < -0.4 is 10.6 Å². The van der Waals surface area contributed by atoms with E-state index in [1.54, 1.807) is 18.5 Å². The summed E-state index contributed by atoms with van der Waals surface area (Å²) in [5.74, 6) is -0.229. The number of H-pyrrole nitrogens is 1. The fourth-order valence-corrected chi connectivity index (χ4v) is 4.77. The number of hydrogen-bond donors (Lipinski definition) is 3. The molecule has 1 saturated heterocycles. The summed E-state index contributed by atoms with van der Waals surface area (Å²) in [6, 6.07) is 10.7. The third kappa shape index (κ3) is 4.26. The highest BCUT2D eigenvalue weighted by Gasteiger charge is 2.30.